The highest BCUT2D eigenvalue weighted by molar-refractivity contribution is 7.96. The summed E-state index contributed by atoms with van der Waals surface area (Å²) in [5.74, 6) is -5.90. The summed E-state index contributed by atoms with van der Waals surface area (Å²) in [5, 5.41) is 29.5. The number of nitrogens with one attached hydrogen (secondary N) is 4. The van der Waals surface area contributed by atoms with Gasteiger partial charge in [-0.2, -0.15) is 0 Å². The normalized spacial score (nSPS) is 13.9. The van der Waals surface area contributed by atoms with Crippen molar-refractivity contribution in [2.75, 3.05) is 6.26 Å². The molecule has 3 aromatic rings. The number of carboxylic acid groups (broad SMARTS) is 2. The minimum absolute atomic E-state index is 0.0818. The second-order valence-electron chi connectivity index (χ2n) is 13.0. The molecule has 0 spiro atoms. The predicted molar refractivity (Wildman–Crippen MR) is 202 cm³/mol. The number of aryl methyl sites for hydroxylation is 1. The van der Waals surface area contributed by atoms with Gasteiger partial charge in [-0.1, -0.05) is 80.0 Å². The van der Waals surface area contributed by atoms with Gasteiger partial charge in [0.15, 0.2) is 9.84 Å². The first-order chi connectivity index (χ1) is 25.9. The second kappa shape index (κ2) is 20.8. The van der Waals surface area contributed by atoms with E-state index in [9.17, 15) is 47.4 Å². The van der Waals surface area contributed by atoms with E-state index >= 15 is 0 Å². The maximum Gasteiger partial charge on any atom is 0.408 e. The molecule has 0 aliphatic heterocycles. The van der Waals surface area contributed by atoms with Crippen LogP contribution in [0.1, 0.15) is 50.8 Å². The highest BCUT2D eigenvalue weighted by atomic mass is 35.5. The van der Waals surface area contributed by atoms with Crippen molar-refractivity contribution < 1.29 is 52.1 Å². The Labute approximate surface area is 323 Å². The molecule has 6 N–H and O–H groups in total. The van der Waals surface area contributed by atoms with Crippen LogP contribution < -0.4 is 21.3 Å². The van der Waals surface area contributed by atoms with E-state index in [-0.39, 0.29) is 25.9 Å². The van der Waals surface area contributed by atoms with Gasteiger partial charge in [0.1, 0.15) is 29.1 Å². The first-order valence-electron chi connectivity index (χ1n) is 17.2. The molecule has 296 valence electrons. The van der Waals surface area contributed by atoms with E-state index in [2.05, 4.69) is 26.3 Å². The minimum Gasteiger partial charge on any atom is -0.481 e. The zero-order valence-corrected chi connectivity index (χ0v) is 31.9. The first-order valence-corrected chi connectivity index (χ1v) is 19.4. The number of hydrogen-bond acceptors (Lipinski definition) is 10. The number of carboxylic acids is 2. The summed E-state index contributed by atoms with van der Waals surface area (Å²) >= 11 is 5.91. The number of pyridine rings is 1. The number of nitrogens with zero attached hydrogens (tertiary/aromatic N) is 1. The molecule has 0 saturated heterocycles. The molecule has 0 bridgehead atoms. The summed E-state index contributed by atoms with van der Waals surface area (Å²) in [5.41, 5.74) is 1.88. The summed E-state index contributed by atoms with van der Waals surface area (Å²) < 4.78 is 28.4. The van der Waals surface area contributed by atoms with Crippen molar-refractivity contribution in [3.8, 4) is 0 Å². The third-order valence-corrected chi connectivity index (χ3v) is 9.92. The van der Waals surface area contributed by atoms with Crippen LogP contribution in [0.4, 0.5) is 4.79 Å². The number of aliphatic carboxylic acids is 2. The molecule has 2 aromatic carbocycles. The number of amides is 4. The average Bonchev–Trinajstić information content (AvgIpc) is 3.12. The topological polar surface area (TPSA) is 247 Å². The summed E-state index contributed by atoms with van der Waals surface area (Å²) in [7, 11) is -3.89. The largest absolute Gasteiger partial charge is 0.481 e. The highest BCUT2D eigenvalue weighted by Gasteiger charge is 2.33. The quantitative estimate of drug-likeness (QED) is 0.0966. The van der Waals surface area contributed by atoms with Gasteiger partial charge in [-0.15, -0.1) is 0 Å². The number of aromatic nitrogens is 1. The van der Waals surface area contributed by atoms with Crippen molar-refractivity contribution in [1.29, 1.82) is 0 Å². The van der Waals surface area contributed by atoms with Gasteiger partial charge < -0.3 is 36.2 Å². The third kappa shape index (κ3) is 15.0. The van der Waals surface area contributed by atoms with E-state index in [1.54, 1.807) is 56.3 Å². The van der Waals surface area contributed by atoms with Crippen LogP contribution in [-0.4, -0.2) is 89.8 Å². The van der Waals surface area contributed by atoms with Gasteiger partial charge in [0, 0.05) is 23.8 Å². The number of carbonyl (C=O) groups is 6. The van der Waals surface area contributed by atoms with Crippen LogP contribution in [-0.2, 0) is 51.6 Å². The lowest BCUT2D eigenvalue weighted by Gasteiger charge is -2.27. The number of fused-ring (bicyclic) bond motifs is 1. The molecule has 55 heavy (non-hydrogen) atoms. The number of para-hydroxylation sites is 1. The first kappa shape index (κ1) is 43.9. The van der Waals surface area contributed by atoms with Crippen LogP contribution in [0.2, 0.25) is 0 Å². The number of alkyl carbamates (subject to hydrolysis) is 1. The van der Waals surface area contributed by atoms with Gasteiger partial charge in [-0.25, -0.2) is 13.2 Å². The Morgan fingerprint density at radius 2 is 1.45 bits per heavy atom. The standard InChI is InChI=1S/C37H44ClN5O11S/c1-22(2)33(36(50)40-26(16-18-31(44)45)19-30(38)55(3,52)53)43-34(48)28(17-15-25-14-13-24-11-7-8-12-27(24)39-25)41-35(49)29(20-32(46)47)42-37(51)54-21-23-9-5-4-6-10-23/h4-14,19,22,26,28-29,33H,15-18,20-21H2,1-3H3,(H,40,50)(H,41,49)(H,42,51)(H,43,48)(H,44,45)(H,46,47)/b30-19+/t26-,28-,29-,33-/m0/s1. The van der Waals surface area contributed by atoms with E-state index in [4.69, 9.17) is 16.3 Å². The predicted octanol–water partition coefficient (Wildman–Crippen LogP) is 3.04. The molecule has 0 radical (unpaired) electrons. The zero-order chi connectivity index (χ0) is 40.7. The summed E-state index contributed by atoms with van der Waals surface area (Å²) in [6, 6.07) is 14.0. The molecule has 3 rings (SSSR count). The summed E-state index contributed by atoms with van der Waals surface area (Å²) in [4.78, 5) is 81.3. The van der Waals surface area contributed by atoms with E-state index in [1.165, 1.54) is 0 Å². The number of ether oxygens (including phenoxy) is 1. The number of sulfone groups is 1. The van der Waals surface area contributed by atoms with Crippen LogP contribution in [0.15, 0.2) is 77.2 Å². The van der Waals surface area contributed by atoms with Crippen LogP contribution in [0.3, 0.4) is 0 Å². The third-order valence-electron chi connectivity index (χ3n) is 8.11. The van der Waals surface area contributed by atoms with Gasteiger partial charge in [0.2, 0.25) is 17.7 Å². The summed E-state index contributed by atoms with van der Waals surface area (Å²) in [6.45, 7) is 3.05. The lowest BCUT2D eigenvalue weighted by atomic mass is 10.0. The fourth-order valence-corrected chi connectivity index (χ4v) is 5.75. The van der Waals surface area contributed by atoms with Gasteiger partial charge in [-0.05, 0) is 49.0 Å². The molecule has 1 heterocycles. The lowest BCUT2D eigenvalue weighted by molar-refractivity contribution is -0.140. The van der Waals surface area contributed by atoms with Crippen LogP contribution in [0, 0.1) is 5.92 Å². The van der Waals surface area contributed by atoms with Crippen molar-refractivity contribution in [2.45, 2.75) is 76.7 Å². The molecular weight excluding hydrogens is 758 g/mol. The minimum atomic E-state index is -3.89. The summed E-state index contributed by atoms with van der Waals surface area (Å²) in [6.07, 6.45) is -0.713. The molecule has 16 nitrogen and oxygen atoms in total. The van der Waals surface area contributed by atoms with Crippen molar-refractivity contribution in [1.82, 2.24) is 26.3 Å². The maximum absolute atomic E-state index is 13.9. The molecular formula is C37H44ClN5O11S. The molecule has 0 fully saturated rings. The molecule has 0 unspecified atom stereocenters. The maximum atomic E-state index is 13.9. The molecule has 1 aromatic heterocycles. The van der Waals surface area contributed by atoms with Crippen LogP contribution in [0.25, 0.3) is 10.9 Å². The molecule has 18 heteroatoms. The van der Waals surface area contributed by atoms with Crippen LogP contribution in [0.5, 0.6) is 0 Å². The van der Waals surface area contributed by atoms with Crippen LogP contribution >= 0.6 is 11.6 Å². The molecule has 4 atom stereocenters. The van der Waals surface area contributed by atoms with E-state index in [0.717, 1.165) is 17.7 Å². The average molecular weight is 802 g/mol. The van der Waals surface area contributed by atoms with Crippen molar-refractivity contribution in [3.63, 3.8) is 0 Å². The Kier molecular flexibility index (Phi) is 16.6. The van der Waals surface area contributed by atoms with Gasteiger partial charge >= 0.3 is 18.0 Å². The van der Waals surface area contributed by atoms with Crippen molar-refractivity contribution in [2.24, 2.45) is 5.92 Å². The SMILES string of the molecule is CC(C)[C@H](NC(=O)[C@H](CCc1ccc2ccccc2n1)NC(=O)[C@H](CC(=O)O)NC(=O)OCc1ccccc1)C(=O)N[C@H](/C=C(\Cl)S(C)(=O)=O)CCC(=O)O. The molecule has 0 aliphatic rings. The Morgan fingerprint density at radius 3 is 2.09 bits per heavy atom. The lowest BCUT2D eigenvalue weighted by Crippen LogP contribution is -2.58. The van der Waals surface area contributed by atoms with Crippen molar-refractivity contribution >= 4 is 68.1 Å². The zero-order valence-electron chi connectivity index (χ0n) is 30.4. The van der Waals surface area contributed by atoms with Gasteiger partial charge in [0.25, 0.3) is 0 Å². The second-order valence-corrected chi connectivity index (χ2v) is 15.6. The number of benzene rings is 2. The van der Waals surface area contributed by atoms with E-state index in [0.29, 0.717) is 16.8 Å². The van der Waals surface area contributed by atoms with Crippen molar-refractivity contribution in [3.05, 3.63) is 88.4 Å². The Hall–Kier alpha value is -5.55. The fourth-order valence-electron chi connectivity index (χ4n) is 5.19. The monoisotopic (exact) mass is 801 g/mol. The fraction of sp³-hybridized carbons (Fsp3) is 0.378. The highest BCUT2D eigenvalue weighted by Crippen LogP contribution is 2.16. The van der Waals surface area contributed by atoms with E-state index < -0.39 is 92.9 Å². The Morgan fingerprint density at radius 1 is 0.800 bits per heavy atom. The number of rotatable bonds is 20. The van der Waals surface area contributed by atoms with Gasteiger partial charge in [0.05, 0.1) is 18.0 Å². The Bertz CT molecular complexity index is 1990. The molecule has 0 saturated carbocycles. The molecule has 0 aliphatic carbocycles. The molecule has 4 amide bonds. The Balaban J connectivity index is 1.86. The smallest absolute Gasteiger partial charge is 0.408 e. The number of carbonyl (C=O) groups excluding carboxylic acids is 4. The van der Waals surface area contributed by atoms with Gasteiger partial charge in [-0.3, -0.25) is 29.0 Å². The number of hydrogen-bond donors (Lipinski definition) is 6. The number of halogens is 1. The van der Waals surface area contributed by atoms with E-state index in [1.807, 2.05) is 24.3 Å².